The van der Waals surface area contributed by atoms with Crippen LogP contribution >= 0.6 is 0 Å². The van der Waals surface area contributed by atoms with Gasteiger partial charge in [0.25, 0.3) is 0 Å². The Hall–Kier alpha value is -4.20. The molecule has 8 nitrogen and oxygen atoms in total. The lowest BCUT2D eigenvalue weighted by molar-refractivity contribution is 0.949. The Labute approximate surface area is 197 Å². The predicted octanol–water partition coefficient (Wildman–Crippen LogP) is 4.70. The minimum Gasteiger partial charge on any atom is -0.376 e. The molecule has 1 saturated heterocycles. The van der Waals surface area contributed by atoms with Crippen LogP contribution < -0.4 is 10.2 Å². The van der Waals surface area contributed by atoms with Crippen molar-refractivity contribution in [3.8, 4) is 22.6 Å². The zero-order valence-electron chi connectivity index (χ0n) is 19.1. The van der Waals surface area contributed by atoms with E-state index in [4.69, 9.17) is 9.97 Å². The summed E-state index contributed by atoms with van der Waals surface area (Å²) in [5.41, 5.74) is 7.71. The van der Waals surface area contributed by atoms with Gasteiger partial charge in [-0.1, -0.05) is 18.2 Å². The maximum absolute atomic E-state index is 4.99. The highest BCUT2D eigenvalue weighted by Gasteiger charge is 2.18. The van der Waals surface area contributed by atoms with Crippen LogP contribution in [0.5, 0.6) is 0 Å². The Morgan fingerprint density at radius 1 is 0.971 bits per heavy atom. The van der Waals surface area contributed by atoms with E-state index >= 15 is 0 Å². The van der Waals surface area contributed by atoms with Gasteiger partial charge in [-0.15, -0.1) is 0 Å². The van der Waals surface area contributed by atoms with Gasteiger partial charge in [0.05, 0.1) is 35.0 Å². The molecule has 0 spiro atoms. The molecule has 0 unspecified atom stereocenters. The van der Waals surface area contributed by atoms with E-state index in [-0.39, 0.29) is 0 Å². The SMILES string of the molecule is Cc1cccc(-c2[nH]c(CNc3ccccc3N3CCCC3)nc2-c2ccc3ncnn3c2)n1. The second-order valence-corrected chi connectivity index (χ2v) is 8.62. The highest BCUT2D eigenvalue weighted by Crippen LogP contribution is 2.31. The molecule has 6 rings (SSSR count). The van der Waals surface area contributed by atoms with Gasteiger partial charge in [0.1, 0.15) is 12.2 Å². The maximum Gasteiger partial charge on any atom is 0.155 e. The number of para-hydroxylation sites is 2. The number of benzene rings is 1. The average molecular weight is 451 g/mol. The Morgan fingerprint density at radius 3 is 2.74 bits per heavy atom. The summed E-state index contributed by atoms with van der Waals surface area (Å²) in [6.45, 7) is 4.79. The van der Waals surface area contributed by atoms with Crippen molar-refractivity contribution in [1.82, 2.24) is 29.5 Å². The molecule has 8 heteroatoms. The van der Waals surface area contributed by atoms with Crippen molar-refractivity contribution in [1.29, 1.82) is 0 Å². The van der Waals surface area contributed by atoms with Crippen LogP contribution in [0, 0.1) is 6.92 Å². The van der Waals surface area contributed by atoms with Crippen molar-refractivity contribution in [3.05, 3.63) is 78.6 Å². The fourth-order valence-electron chi connectivity index (χ4n) is 4.58. The molecule has 2 N–H and O–H groups in total. The molecule has 1 aliphatic heterocycles. The van der Waals surface area contributed by atoms with Gasteiger partial charge in [-0.2, -0.15) is 5.10 Å². The lowest BCUT2D eigenvalue weighted by Gasteiger charge is -2.21. The third-order valence-corrected chi connectivity index (χ3v) is 6.24. The van der Waals surface area contributed by atoms with Crippen LogP contribution in [0.4, 0.5) is 11.4 Å². The van der Waals surface area contributed by atoms with Crippen molar-refractivity contribution in [2.75, 3.05) is 23.3 Å². The minimum atomic E-state index is 0.579. The fraction of sp³-hybridized carbons (Fsp3) is 0.231. The number of pyridine rings is 2. The number of nitrogens with one attached hydrogen (secondary N) is 2. The zero-order valence-corrected chi connectivity index (χ0v) is 19.1. The van der Waals surface area contributed by atoms with E-state index in [2.05, 4.69) is 49.5 Å². The Morgan fingerprint density at radius 2 is 1.85 bits per heavy atom. The molecule has 5 aromatic rings. The van der Waals surface area contributed by atoms with Gasteiger partial charge in [-0.25, -0.2) is 14.5 Å². The third-order valence-electron chi connectivity index (χ3n) is 6.24. The van der Waals surface area contributed by atoms with E-state index in [9.17, 15) is 0 Å². The number of fused-ring (bicyclic) bond motifs is 1. The second kappa shape index (κ2) is 8.62. The van der Waals surface area contributed by atoms with E-state index in [1.807, 2.05) is 43.5 Å². The van der Waals surface area contributed by atoms with Crippen molar-refractivity contribution >= 4 is 17.0 Å². The summed E-state index contributed by atoms with van der Waals surface area (Å²) in [4.78, 5) is 20.0. The Bertz CT molecular complexity index is 1440. The summed E-state index contributed by atoms with van der Waals surface area (Å²) in [6.07, 6.45) is 6.01. The molecule has 0 saturated carbocycles. The van der Waals surface area contributed by atoms with Gasteiger partial charge < -0.3 is 15.2 Å². The smallest absolute Gasteiger partial charge is 0.155 e. The third kappa shape index (κ3) is 3.87. The van der Waals surface area contributed by atoms with E-state index in [1.165, 1.54) is 18.5 Å². The molecule has 1 aliphatic rings. The van der Waals surface area contributed by atoms with E-state index in [0.717, 1.165) is 58.6 Å². The van der Waals surface area contributed by atoms with Crippen LogP contribution in [0.2, 0.25) is 0 Å². The summed E-state index contributed by atoms with van der Waals surface area (Å²) in [5.74, 6) is 0.850. The molecule has 1 aromatic carbocycles. The fourth-order valence-corrected chi connectivity index (χ4v) is 4.58. The molecule has 34 heavy (non-hydrogen) atoms. The quantitative estimate of drug-likeness (QED) is 0.390. The zero-order chi connectivity index (χ0) is 22.9. The number of aromatic nitrogens is 6. The van der Waals surface area contributed by atoms with E-state index < -0.39 is 0 Å². The number of imidazole rings is 1. The molecular weight excluding hydrogens is 424 g/mol. The lowest BCUT2D eigenvalue weighted by Crippen LogP contribution is -2.19. The van der Waals surface area contributed by atoms with Gasteiger partial charge in [-0.05, 0) is 56.2 Å². The van der Waals surface area contributed by atoms with Gasteiger partial charge in [0, 0.05) is 30.5 Å². The highest BCUT2D eigenvalue weighted by atomic mass is 15.3. The largest absolute Gasteiger partial charge is 0.376 e. The first kappa shape index (κ1) is 20.4. The van der Waals surface area contributed by atoms with Crippen molar-refractivity contribution in [3.63, 3.8) is 0 Å². The number of anilines is 2. The van der Waals surface area contributed by atoms with Crippen LogP contribution in [-0.4, -0.2) is 42.6 Å². The molecule has 0 radical (unpaired) electrons. The van der Waals surface area contributed by atoms with Crippen LogP contribution in [0.1, 0.15) is 24.4 Å². The summed E-state index contributed by atoms with van der Waals surface area (Å²) in [7, 11) is 0. The number of H-pyrrole nitrogens is 1. The van der Waals surface area contributed by atoms with Gasteiger partial charge in [-0.3, -0.25) is 4.98 Å². The number of hydrogen-bond acceptors (Lipinski definition) is 6. The molecular formula is C26H26N8. The topological polar surface area (TPSA) is 87.0 Å². The molecule has 5 heterocycles. The number of aromatic amines is 1. The normalized spacial score (nSPS) is 13.6. The van der Waals surface area contributed by atoms with Gasteiger partial charge in [0.15, 0.2) is 5.65 Å². The molecule has 0 bridgehead atoms. The van der Waals surface area contributed by atoms with Crippen molar-refractivity contribution in [2.45, 2.75) is 26.3 Å². The van der Waals surface area contributed by atoms with Crippen LogP contribution in [0.25, 0.3) is 28.3 Å². The molecule has 0 aliphatic carbocycles. The summed E-state index contributed by atoms with van der Waals surface area (Å²) < 4.78 is 1.77. The van der Waals surface area contributed by atoms with Gasteiger partial charge in [0.2, 0.25) is 0 Å². The van der Waals surface area contributed by atoms with Crippen LogP contribution in [0.15, 0.2) is 67.1 Å². The second-order valence-electron chi connectivity index (χ2n) is 8.62. The van der Waals surface area contributed by atoms with Crippen molar-refractivity contribution in [2.24, 2.45) is 0 Å². The Kier molecular flexibility index (Phi) is 5.18. The van der Waals surface area contributed by atoms with Crippen molar-refractivity contribution < 1.29 is 0 Å². The summed E-state index contributed by atoms with van der Waals surface area (Å²) in [6, 6.07) is 18.5. The number of aryl methyl sites for hydroxylation is 1. The first-order chi connectivity index (χ1) is 16.7. The summed E-state index contributed by atoms with van der Waals surface area (Å²) >= 11 is 0. The molecule has 4 aromatic heterocycles. The van der Waals surface area contributed by atoms with Crippen LogP contribution in [-0.2, 0) is 6.54 Å². The molecule has 170 valence electrons. The predicted molar refractivity (Wildman–Crippen MR) is 134 cm³/mol. The molecule has 1 fully saturated rings. The van der Waals surface area contributed by atoms with Crippen LogP contribution in [0.3, 0.4) is 0 Å². The summed E-state index contributed by atoms with van der Waals surface area (Å²) in [5, 5.41) is 7.89. The first-order valence-corrected chi connectivity index (χ1v) is 11.7. The van der Waals surface area contributed by atoms with E-state index in [0.29, 0.717) is 6.54 Å². The monoisotopic (exact) mass is 450 g/mol. The maximum atomic E-state index is 4.99. The molecule has 0 atom stereocenters. The number of hydrogen-bond donors (Lipinski definition) is 2. The number of rotatable bonds is 6. The van der Waals surface area contributed by atoms with Gasteiger partial charge >= 0.3 is 0 Å². The highest BCUT2D eigenvalue weighted by molar-refractivity contribution is 5.77. The van der Waals surface area contributed by atoms with E-state index in [1.54, 1.807) is 10.8 Å². The average Bonchev–Trinajstić information content (AvgIpc) is 3.63. The Balaban J connectivity index is 1.35. The first-order valence-electron chi connectivity index (χ1n) is 11.7. The standard InChI is InChI=1S/C26H26N8/c1-18-7-6-9-21(30-18)26-25(19-11-12-24-28-17-29-34(24)16-19)31-23(32-26)15-27-20-8-2-3-10-22(20)33-13-4-5-14-33/h2-3,6-12,16-17,27H,4-5,13-15H2,1H3,(H,31,32). The molecule has 0 amide bonds. The minimum absolute atomic E-state index is 0.579. The number of nitrogens with zero attached hydrogens (tertiary/aromatic N) is 6. The lowest BCUT2D eigenvalue weighted by atomic mass is 10.1.